The van der Waals surface area contributed by atoms with E-state index in [0.717, 1.165) is 4.47 Å². The number of hydrogen-bond donors (Lipinski definition) is 1. The van der Waals surface area contributed by atoms with Gasteiger partial charge in [0, 0.05) is 16.6 Å². The summed E-state index contributed by atoms with van der Waals surface area (Å²) in [5, 5.41) is 2.22. The number of nitrogens with zero attached hydrogens (tertiary/aromatic N) is 1. The number of likely N-dealkylation sites (N-methyl/N-ethyl adjacent to an activating group) is 1. The summed E-state index contributed by atoms with van der Waals surface area (Å²) in [6, 6.07) is 6.20. The van der Waals surface area contributed by atoms with Gasteiger partial charge in [-0.15, -0.1) is 0 Å². The van der Waals surface area contributed by atoms with Gasteiger partial charge in [0.05, 0.1) is 6.42 Å². The quantitative estimate of drug-likeness (QED) is 0.853. The summed E-state index contributed by atoms with van der Waals surface area (Å²) in [4.78, 5) is 36.6. The van der Waals surface area contributed by atoms with Gasteiger partial charge in [0.1, 0.15) is 6.04 Å². The van der Waals surface area contributed by atoms with Crippen LogP contribution in [0.5, 0.6) is 0 Å². The molecule has 0 radical (unpaired) electrons. The van der Waals surface area contributed by atoms with Gasteiger partial charge in [-0.25, -0.2) is 0 Å². The minimum atomic E-state index is -0.700. The highest BCUT2D eigenvalue weighted by Gasteiger charge is 2.37. The van der Waals surface area contributed by atoms with Crippen LogP contribution >= 0.6 is 15.9 Å². The Morgan fingerprint density at radius 2 is 2.00 bits per heavy atom. The zero-order valence-corrected chi connectivity index (χ0v) is 11.9. The van der Waals surface area contributed by atoms with Crippen molar-refractivity contribution in [2.45, 2.75) is 19.4 Å². The lowest BCUT2D eigenvalue weighted by atomic mass is 10.1. The van der Waals surface area contributed by atoms with Crippen LogP contribution in [0.3, 0.4) is 0 Å². The minimum absolute atomic E-state index is 0.0366. The fraction of sp³-hybridized carbons (Fsp3) is 0.308. The Morgan fingerprint density at radius 3 is 2.47 bits per heavy atom. The van der Waals surface area contributed by atoms with Gasteiger partial charge < -0.3 is 4.90 Å². The second-order valence-corrected chi connectivity index (χ2v) is 5.15. The Balaban J connectivity index is 2.22. The van der Waals surface area contributed by atoms with Gasteiger partial charge in [-0.3, -0.25) is 19.7 Å². The molecule has 19 heavy (non-hydrogen) atoms. The van der Waals surface area contributed by atoms with E-state index >= 15 is 0 Å². The highest BCUT2D eigenvalue weighted by atomic mass is 79.9. The highest BCUT2D eigenvalue weighted by Crippen LogP contribution is 2.17. The number of nitrogens with one attached hydrogen (secondary N) is 1. The third-order valence-corrected chi connectivity index (χ3v) is 3.54. The topological polar surface area (TPSA) is 66.5 Å². The molecule has 6 heteroatoms. The molecule has 0 bridgehead atoms. The number of halogens is 1. The SMILES string of the molecule is CCN(C(=O)c1ccc(Br)cc1)C1CC(=O)NC1=O. The van der Waals surface area contributed by atoms with Crippen molar-refractivity contribution in [2.75, 3.05) is 6.54 Å². The number of hydrogen-bond acceptors (Lipinski definition) is 3. The lowest BCUT2D eigenvalue weighted by Gasteiger charge is -2.25. The second-order valence-electron chi connectivity index (χ2n) is 4.23. The van der Waals surface area contributed by atoms with Gasteiger partial charge in [-0.2, -0.15) is 0 Å². The third kappa shape index (κ3) is 2.84. The number of carbonyl (C=O) groups excluding carboxylic acids is 3. The van der Waals surface area contributed by atoms with Crippen LogP contribution in [-0.4, -0.2) is 35.2 Å². The zero-order chi connectivity index (χ0) is 14.0. The van der Waals surface area contributed by atoms with Crippen LogP contribution in [0.4, 0.5) is 0 Å². The first kappa shape index (κ1) is 13.7. The van der Waals surface area contributed by atoms with Crippen molar-refractivity contribution < 1.29 is 14.4 Å². The molecule has 1 aliphatic heterocycles. The molecule has 5 nitrogen and oxygen atoms in total. The van der Waals surface area contributed by atoms with E-state index in [-0.39, 0.29) is 18.2 Å². The van der Waals surface area contributed by atoms with E-state index in [1.54, 1.807) is 31.2 Å². The monoisotopic (exact) mass is 324 g/mol. The van der Waals surface area contributed by atoms with Crippen LogP contribution in [0.2, 0.25) is 0 Å². The molecule has 3 amide bonds. The van der Waals surface area contributed by atoms with Crippen molar-refractivity contribution >= 4 is 33.7 Å². The molecule has 1 saturated heterocycles. The molecule has 1 aliphatic rings. The van der Waals surface area contributed by atoms with E-state index in [9.17, 15) is 14.4 Å². The van der Waals surface area contributed by atoms with Crippen LogP contribution in [-0.2, 0) is 9.59 Å². The average Bonchev–Trinajstić information content (AvgIpc) is 2.70. The van der Waals surface area contributed by atoms with Crippen LogP contribution < -0.4 is 5.32 Å². The van der Waals surface area contributed by atoms with E-state index in [4.69, 9.17) is 0 Å². The molecule has 1 fully saturated rings. The predicted octanol–water partition coefficient (Wildman–Crippen LogP) is 1.33. The molecule has 1 aromatic carbocycles. The summed E-state index contributed by atoms with van der Waals surface area (Å²) in [6.45, 7) is 2.16. The lowest BCUT2D eigenvalue weighted by Crippen LogP contribution is -2.44. The van der Waals surface area contributed by atoms with Crippen LogP contribution in [0, 0.1) is 0 Å². The molecule has 1 unspecified atom stereocenters. The molecule has 1 atom stereocenters. The second kappa shape index (κ2) is 5.52. The molecule has 0 spiro atoms. The fourth-order valence-corrected chi connectivity index (χ4v) is 2.32. The van der Waals surface area contributed by atoms with Gasteiger partial charge in [0.15, 0.2) is 0 Å². The van der Waals surface area contributed by atoms with Gasteiger partial charge in [0.25, 0.3) is 5.91 Å². The summed E-state index contributed by atoms with van der Waals surface area (Å²) in [5.74, 6) is -0.987. The van der Waals surface area contributed by atoms with E-state index in [1.807, 2.05) is 0 Å². The van der Waals surface area contributed by atoms with Crippen molar-refractivity contribution in [1.82, 2.24) is 10.2 Å². The molecule has 1 heterocycles. The minimum Gasteiger partial charge on any atom is -0.326 e. The fourth-order valence-electron chi connectivity index (χ4n) is 2.06. The van der Waals surface area contributed by atoms with Gasteiger partial charge >= 0.3 is 0 Å². The summed E-state index contributed by atoms with van der Waals surface area (Å²) >= 11 is 3.30. The summed E-state index contributed by atoms with van der Waals surface area (Å²) < 4.78 is 0.876. The van der Waals surface area contributed by atoms with Crippen molar-refractivity contribution in [3.8, 4) is 0 Å². The predicted molar refractivity (Wildman–Crippen MR) is 72.4 cm³/mol. The maximum atomic E-state index is 12.3. The van der Waals surface area contributed by atoms with Crippen LogP contribution in [0.15, 0.2) is 28.7 Å². The largest absolute Gasteiger partial charge is 0.326 e. The van der Waals surface area contributed by atoms with Crippen LogP contribution in [0.1, 0.15) is 23.7 Å². The summed E-state index contributed by atoms with van der Waals surface area (Å²) in [7, 11) is 0. The Kier molecular flexibility index (Phi) is 3.99. The molecular formula is C13H13BrN2O3. The summed E-state index contributed by atoms with van der Waals surface area (Å²) in [5.41, 5.74) is 0.497. The maximum Gasteiger partial charge on any atom is 0.254 e. The van der Waals surface area contributed by atoms with Crippen molar-refractivity contribution in [3.05, 3.63) is 34.3 Å². The number of rotatable bonds is 3. The first-order valence-corrected chi connectivity index (χ1v) is 6.72. The number of carbonyl (C=O) groups is 3. The zero-order valence-electron chi connectivity index (χ0n) is 10.4. The molecule has 0 aromatic heterocycles. The Labute approximate surface area is 119 Å². The third-order valence-electron chi connectivity index (χ3n) is 3.01. The average molecular weight is 325 g/mol. The molecule has 0 aliphatic carbocycles. The first-order valence-electron chi connectivity index (χ1n) is 5.93. The number of benzene rings is 1. The Hall–Kier alpha value is -1.69. The van der Waals surface area contributed by atoms with E-state index < -0.39 is 11.9 Å². The standard InChI is InChI=1S/C13H13BrN2O3/c1-2-16(10-7-11(17)15-12(10)18)13(19)8-3-5-9(14)6-4-8/h3-6,10H,2,7H2,1H3,(H,15,17,18). The molecule has 2 rings (SSSR count). The lowest BCUT2D eigenvalue weighted by molar-refractivity contribution is -0.126. The van der Waals surface area contributed by atoms with Crippen LogP contribution in [0.25, 0.3) is 0 Å². The maximum absolute atomic E-state index is 12.3. The van der Waals surface area contributed by atoms with E-state index in [2.05, 4.69) is 21.2 Å². The smallest absolute Gasteiger partial charge is 0.254 e. The molecular weight excluding hydrogens is 312 g/mol. The van der Waals surface area contributed by atoms with Crippen molar-refractivity contribution in [2.24, 2.45) is 0 Å². The first-order chi connectivity index (χ1) is 9.02. The van der Waals surface area contributed by atoms with E-state index in [1.165, 1.54) is 4.90 Å². The van der Waals surface area contributed by atoms with Crippen molar-refractivity contribution in [3.63, 3.8) is 0 Å². The molecule has 1 N–H and O–H groups in total. The van der Waals surface area contributed by atoms with Gasteiger partial charge in [-0.05, 0) is 31.2 Å². The summed E-state index contributed by atoms with van der Waals surface area (Å²) in [6.07, 6.45) is 0.0366. The molecule has 1 aromatic rings. The van der Waals surface area contributed by atoms with Gasteiger partial charge in [0.2, 0.25) is 11.8 Å². The normalized spacial score (nSPS) is 18.3. The van der Waals surface area contributed by atoms with Crippen molar-refractivity contribution in [1.29, 1.82) is 0 Å². The Morgan fingerprint density at radius 1 is 1.37 bits per heavy atom. The van der Waals surface area contributed by atoms with E-state index in [0.29, 0.717) is 12.1 Å². The van der Waals surface area contributed by atoms with Gasteiger partial charge in [-0.1, -0.05) is 15.9 Å². The Bertz CT molecular complexity index is 527. The highest BCUT2D eigenvalue weighted by molar-refractivity contribution is 9.10. The molecule has 100 valence electrons. The number of imide groups is 1. The molecule has 0 saturated carbocycles. The number of amides is 3.